The van der Waals surface area contributed by atoms with E-state index in [-0.39, 0.29) is 179 Å². The Hall–Kier alpha value is -12.1. The summed E-state index contributed by atoms with van der Waals surface area (Å²) in [5.41, 5.74) is 2.16. The molecule has 0 saturated carbocycles. The third-order valence-corrected chi connectivity index (χ3v) is 25.5. The van der Waals surface area contributed by atoms with Crippen molar-refractivity contribution in [3.05, 3.63) is 134 Å². The van der Waals surface area contributed by atoms with Crippen molar-refractivity contribution in [2.75, 3.05) is 327 Å². The maximum Gasteiger partial charge on any atom is 0.317 e. The molecule has 13 N–H and O–H groups in total. The van der Waals surface area contributed by atoms with Gasteiger partial charge in [-0.15, -0.1) is 0 Å². The molecule has 1 aromatic heterocycles. The number of carbonyl (C=O) groups excluding carboxylic acids is 6. The number of carbonyl (C=O) groups is 18. The minimum Gasteiger partial charge on any atom is -0.503 e. The third-order valence-electron chi connectivity index (χ3n) is 25.5. The van der Waals surface area contributed by atoms with E-state index < -0.39 is 77.2 Å². The fourth-order valence-corrected chi connectivity index (χ4v) is 17.6. The van der Waals surface area contributed by atoms with Crippen molar-refractivity contribution in [3.8, 4) is 5.75 Å². The van der Waals surface area contributed by atoms with Crippen LogP contribution in [0.4, 0.5) is 0 Å². The van der Waals surface area contributed by atoms with Gasteiger partial charge in [-0.25, -0.2) is 0 Å². The van der Waals surface area contributed by atoms with Crippen molar-refractivity contribution in [3.63, 3.8) is 0 Å². The summed E-state index contributed by atoms with van der Waals surface area (Å²) in [5.74, 6) is -14.5. The summed E-state index contributed by atoms with van der Waals surface area (Å²) in [6.07, 6.45) is 1.61. The van der Waals surface area contributed by atoms with Crippen LogP contribution in [0.25, 0.3) is 0 Å². The summed E-state index contributed by atoms with van der Waals surface area (Å²) in [6, 6.07) is 21.6. The fourth-order valence-electron chi connectivity index (χ4n) is 17.6. The Morgan fingerprint density at radius 1 is 0.218 bits per heavy atom. The molecule has 7 aliphatic rings. The monoisotopic (exact) mass is 2140 g/mol. The van der Waals surface area contributed by atoms with Crippen molar-refractivity contribution in [2.45, 2.75) is 20.0 Å². The number of aliphatic carboxylic acids is 12. The molecule has 0 spiro atoms. The average molecular weight is 2150 g/mol. The van der Waals surface area contributed by atoms with Gasteiger partial charge in [0.1, 0.15) is 0 Å². The predicted molar refractivity (Wildman–Crippen MR) is 517 cm³/mol. The van der Waals surface area contributed by atoms with Gasteiger partial charge in [0.25, 0.3) is 41.0 Å². The summed E-state index contributed by atoms with van der Waals surface area (Å²) in [5, 5.41) is 122. The number of imide groups is 3. The van der Waals surface area contributed by atoms with E-state index >= 15 is 0 Å². The number of hydrogen-bond donors (Lipinski definition) is 13. The van der Waals surface area contributed by atoms with Crippen LogP contribution < -0.4 is 5.56 Å². The smallest absolute Gasteiger partial charge is 0.317 e. The molecule has 4 aromatic rings. The van der Waals surface area contributed by atoms with Gasteiger partial charge in [0.05, 0.1) is 112 Å². The molecule has 1 radical (unpaired) electrons. The van der Waals surface area contributed by atoms with Gasteiger partial charge in [-0.05, 0) is 49.4 Å². The van der Waals surface area contributed by atoms with Crippen LogP contribution in [-0.4, -0.2) is 598 Å². The van der Waals surface area contributed by atoms with Gasteiger partial charge < -0.3 is 71.0 Å². The zero-order chi connectivity index (χ0) is 107. The quantitative estimate of drug-likeness (QED) is 0.0189. The first-order valence-electron chi connectivity index (χ1n) is 48.0. The van der Waals surface area contributed by atoms with Crippen LogP contribution in [0.5, 0.6) is 5.75 Å². The molecular weight excluding hydrogens is 2010 g/mol. The number of aryl methyl sites for hydroxylation is 1. The second kappa shape index (κ2) is 62.3. The van der Waals surface area contributed by atoms with Gasteiger partial charge >= 0.3 is 71.6 Å². The van der Waals surface area contributed by atoms with E-state index in [0.717, 1.165) is 0 Å². The van der Waals surface area contributed by atoms with Crippen LogP contribution in [-0.2, 0) is 103 Å². The van der Waals surface area contributed by atoms with E-state index in [1.807, 2.05) is 19.6 Å². The summed E-state index contributed by atoms with van der Waals surface area (Å²) < 4.78 is 1.39. The molecule has 6 amide bonds. The van der Waals surface area contributed by atoms with Crippen molar-refractivity contribution < 1.29 is 185 Å². The molecule has 147 heavy (non-hydrogen) atoms. The number of carboxylic acid groups (broad SMARTS) is 12. The van der Waals surface area contributed by atoms with Crippen LogP contribution in [0.15, 0.2) is 89.9 Å². The molecule has 0 aliphatic carbocycles. The van der Waals surface area contributed by atoms with E-state index in [1.165, 1.54) is 19.3 Å². The van der Waals surface area contributed by atoms with Crippen molar-refractivity contribution in [1.29, 1.82) is 0 Å². The minimum absolute atomic E-state index is 0. The first kappa shape index (κ1) is 122. The van der Waals surface area contributed by atoms with Gasteiger partial charge in [0.2, 0.25) is 0 Å². The number of aromatic nitrogens is 1. The number of carboxylic acids is 12. The van der Waals surface area contributed by atoms with E-state index in [4.69, 9.17) is 0 Å². The number of benzene rings is 3. The number of amides is 6. The number of hydrogen-bond acceptors (Lipinski definition) is 36. The number of rotatable bonds is 36. The summed E-state index contributed by atoms with van der Waals surface area (Å²) in [6.45, 7) is 12.8. The predicted octanol–water partition coefficient (Wildman–Crippen LogP) is -5.18. The van der Waals surface area contributed by atoms with Crippen molar-refractivity contribution in [2.24, 2.45) is 0 Å². The van der Waals surface area contributed by atoms with Crippen LogP contribution in [0, 0.1) is 0 Å². The molecule has 4 saturated heterocycles. The average Bonchev–Trinajstić information content (AvgIpc) is 1.65. The molecule has 52 nitrogen and oxygen atoms in total. The van der Waals surface area contributed by atoms with Crippen LogP contribution in [0.2, 0.25) is 0 Å². The second-order valence-electron chi connectivity index (χ2n) is 36.0. The zero-order valence-electron chi connectivity index (χ0n) is 82.4. The van der Waals surface area contributed by atoms with Gasteiger partial charge in [-0.1, -0.05) is 36.4 Å². The van der Waals surface area contributed by atoms with Crippen molar-refractivity contribution >= 4 is 107 Å². The van der Waals surface area contributed by atoms with Crippen LogP contribution in [0.3, 0.4) is 0 Å². The number of fused-ring (bicyclic) bond motifs is 3. The van der Waals surface area contributed by atoms with Crippen LogP contribution in [0.1, 0.15) is 74.6 Å². The molecule has 0 unspecified atom stereocenters. The summed E-state index contributed by atoms with van der Waals surface area (Å²) in [4.78, 5) is 257. The van der Waals surface area contributed by atoms with Crippen LogP contribution >= 0.6 is 0 Å². The normalized spacial score (nSPS) is 18.9. The second-order valence-corrected chi connectivity index (χ2v) is 36.0. The molecule has 0 bridgehead atoms. The zero-order valence-corrected chi connectivity index (χ0v) is 85.3. The maximum atomic E-state index is 12.7. The molecule has 4 fully saturated rings. The Morgan fingerprint density at radius 3 is 0.503 bits per heavy atom. The van der Waals surface area contributed by atoms with Gasteiger partial charge in [-0.2, -0.15) is 0 Å². The molecule has 0 atom stereocenters. The van der Waals surface area contributed by atoms with E-state index in [1.54, 1.807) is 151 Å². The van der Waals surface area contributed by atoms with Gasteiger partial charge in [0.15, 0.2) is 5.75 Å². The Bertz CT molecular complexity index is 4640. The van der Waals surface area contributed by atoms with E-state index in [9.17, 15) is 157 Å². The van der Waals surface area contributed by atoms with E-state index in [0.29, 0.717) is 275 Å². The molecule has 805 valence electrons. The summed E-state index contributed by atoms with van der Waals surface area (Å²) >= 11 is 0. The third kappa shape index (κ3) is 42.2. The Kier molecular flexibility index (Phi) is 51.6. The summed E-state index contributed by atoms with van der Waals surface area (Å²) in [7, 11) is 0. The SMILES string of the molecule is CCn1ccc(CN2CCN(CC(=O)O)CCN(CC(=O)O)CCN(CC(=O)O)CC2)c(O)c1=O.O=C(O)CN1CCN(CCN2C(=O)c3ccccc3C2=O)CCN(CC(=O)O)CCN(CC(=O)O)CC1.O=C(O)CN1CCN(CCN2C(=O)c3ccccc3C2=O)CCN(CC(=O)O)CCN(CC(=O)O)CC1.O=C(O)CN1CCN(CCN2C(=O)c3ccccc3C2=O)CCN(CC(=O)O)CCN(CC(=O)O)CC1.[90Y]. The first-order valence-corrected chi connectivity index (χ1v) is 48.0. The Balaban J connectivity index is 0.000000265. The molecule has 7 aliphatic heterocycles. The van der Waals surface area contributed by atoms with Gasteiger partial charge in [-0.3, -0.25) is 184 Å². The molecule has 53 heteroatoms. The Labute approximate surface area is 872 Å². The fraction of sp³-hybridized carbons (Fsp3) is 0.564. The number of aromatic hydroxyl groups is 1. The van der Waals surface area contributed by atoms with Gasteiger partial charge in [0, 0.05) is 306 Å². The number of pyridine rings is 1. The first-order chi connectivity index (χ1) is 69.5. The Morgan fingerprint density at radius 2 is 0.361 bits per heavy atom. The van der Waals surface area contributed by atoms with E-state index in [2.05, 4.69) is 0 Å². The molecular formula is C94H134N20O32Y. The molecule has 11 rings (SSSR count). The standard InChI is InChI=1S/3C24H33N5O8.C22H35N5O8.Y/c3*30-20(31)15-26-7-5-25(13-14-29-23(36)18-3-1-2-4-19(18)24(29)37)6-8-27(16-21(32)33)10-12-28(11-9-26)17-22(34)35;1-2-27-4-3-17(21(34)22(27)35)13-23-5-7-24(14-18(28)29)9-11-26(16-20(32)33)12-10-25(8-6-23)15-19(30)31;/h3*1-4H,5-17H2,(H,30,31)(H,32,33)(H,34,35);3-4,34H,2,5-16H2,1H3,(H,28,29)(H,30,31)(H,32,33);/i;;;;1+1. The molecule has 3 aromatic carbocycles. The topological polar surface area (TPSA) is 654 Å². The maximum absolute atomic E-state index is 12.7. The number of nitrogens with zero attached hydrogens (tertiary/aromatic N) is 20. The molecule has 8 heterocycles. The largest absolute Gasteiger partial charge is 0.503 e. The van der Waals surface area contributed by atoms with Crippen molar-refractivity contribution in [1.82, 2.24) is 97.7 Å². The minimum atomic E-state index is -1.01.